The molecule has 3 heterocycles. The molecule has 0 saturated carbocycles. The Bertz CT molecular complexity index is 3520. The van der Waals surface area contributed by atoms with Crippen LogP contribution in [-0.2, 0) is 0 Å². The van der Waals surface area contributed by atoms with Gasteiger partial charge in [-0.25, -0.2) is 0 Å². The van der Waals surface area contributed by atoms with Crippen LogP contribution in [0.4, 0.5) is 17.1 Å². The second kappa shape index (κ2) is 13.1. The highest BCUT2D eigenvalue weighted by molar-refractivity contribution is 7.26. The van der Waals surface area contributed by atoms with E-state index in [0.717, 1.165) is 44.7 Å². The number of fused-ring (bicyclic) bond motifs is 9. The smallest absolute Gasteiger partial charge is 0.135 e. The molecule has 58 heavy (non-hydrogen) atoms. The molecule has 12 rings (SSSR count). The average Bonchev–Trinajstić information content (AvgIpc) is 3.97. The van der Waals surface area contributed by atoms with Crippen molar-refractivity contribution in [3.63, 3.8) is 0 Å². The Kier molecular flexibility index (Phi) is 7.40. The summed E-state index contributed by atoms with van der Waals surface area (Å²) in [6, 6.07) is 74.6. The Morgan fingerprint density at radius 2 is 1.02 bits per heavy atom. The molecule has 0 aliphatic carbocycles. The number of hydrogen-bond acceptors (Lipinski definition) is 3. The molecule has 0 saturated heterocycles. The molecule has 0 bridgehead atoms. The maximum atomic E-state index is 6.13. The van der Waals surface area contributed by atoms with Crippen LogP contribution in [0.2, 0.25) is 0 Å². The third kappa shape index (κ3) is 5.19. The van der Waals surface area contributed by atoms with E-state index in [0.29, 0.717) is 0 Å². The van der Waals surface area contributed by atoms with Crippen LogP contribution in [0.3, 0.4) is 0 Å². The van der Waals surface area contributed by atoms with E-state index in [1.54, 1.807) is 0 Å². The Labute approximate surface area is 338 Å². The number of rotatable bonds is 6. The lowest BCUT2D eigenvalue weighted by molar-refractivity contribution is 0.669. The van der Waals surface area contributed by atoms with Crippen molar-refractivity contribution in [2.45, 2.75) is 0 Å². The van der Waals surface area contributed by atoms with E-state index in [1.807, 2.05) is 23.5 Å². The van der Waals surface area contributed by atoms with Crippen LogP contribution in [0.25, 0.3) is 91.9 Å². The monoisotopic (exact) mass is 758 g/mol. The van der Waals surface area contributed by atoms with E-state index in [1.165, 1.54) is 64.2 Å². The summed E-state index contributed by atoms with van der Waals surface area (Å²) >= 11 is 1.86. The molecule has 0 atom stereocenters. The van der Waals surface area contributed by atoms with E-state index in [-0.39, 0.29) is 0 Å². The SMILES string of the molecule is c1ccc(-n2c3ccccc3c3ccc(N(c4ccc(-c5cccc(-c6ccc7oc8ccccc8c7c6)c5)cc4)c4cccc5c4sc4ccccc45)cc32)cc1. The first-order chi connectivity index (χ1) is 28.7. The number of furan rings is 1. The lowest BCUT2D eigenvalue weighted by Crippen LogP contribution is -2.10. The number of nitrogens with zero attached hydrogens (tertiary/aromatic N) is 2. The summed E-state index contributed by atoms with van der Waals surface area (Å²) in [6.07, 6.45) is 0. The molecule has 0 aliphatic rings. The fraction of sp³-hybridized carbons (Fsp3) is 0. The first kappa shape index (κ1) is 32.8. The van der Waals surface area contributed by atoms with Crippen LogP contribution in [-0.4, -0.2) is 4.57 Å². The van der Waals surface area contributed by atoms with Crippen LogP contribution < -0.4 is 4.90 Å². The summed E-state index contributed by atoms with van der Waals surface area (Å²) < 4.78 is 11.1. The Hall–Kier alpha value is -7.40. The third-order valence-electron chi connectivity index (χ3n) is 11.6. The molecule has 0 amide bonds. The topological polar surface area (TPSA) is 21.3 Å². The van der Waals surface area contributed by atoms with Gasteiger partial charge in [-0.3, -0.25) is 0 Å². The van der Waals surface area contributed by atoms with Gasteiger partial charge in [-0.15, -0.1) is 11.3 Å². The summed E-state index contributed by atoms with van der Waals surface area (Å²) in [4.78, 5) is 2.44. The van der Waals surface area contributed by atoms with Crippen LogP contribution in [0, 0.1) is 0 Å². The van der Waals surface area contributed by atoms with Gasteiger partial charge in [0.2, 0.25) is 0 Å². The van der Waals surface area contributed by atoms with Gasteiger partial charge < -0.3 is 13.9 Å². The number of aromatic nitrogens is 1. The van der Waals surface area contributed by atoms with E-state index < -0.39 is 0 Å². The maximum Gasteiger partial charge on any atom is 0.135 e. The minimum Gasteiger partial charge on any atom is -0.456 e. The molecule has 12 aromatic rings. The van der Waals surface area contributed by atoms with Crippen molar-refractivity contribution in [2.75, 3.05) is 4.90 Å². The van der Waals surface area contributed by atoms with E-state index >= 15 is 0 Å². The standard InChI is InChI=1S/C54H34N2OS/c1-2-14-39(15-3-1)56-48-20-7-4-16-42(48)43-30-29-41(34-50(43)56)55(49-21-11-19-46-45-18-6-9-23-53(45)58-54(46)49)40-27-24-35(25-28-40)36-12-10-13-37(32-36)38-26-31-52-47(33-38)44-17-5-8-22-51(44)57-52/h1-34H. The van der Waals surface area contributed by atoms with Gasteiger partial charge in [0.25, 0.3) is 0 Å². The first-order valence-corrected chi connectivity index (χ1v) is 20.5. The van der Waals surface area contributed by atoms with Gasteiger partial charge in [0, 0.05) is 54.1 Å². The van der Waals surface area contributed by atoms with Crippen molar-refractivity contribution in [3.05, 3.63) is 206 Å². The lowest BCUT2D eigenvalue weighted by Gasteiger charge is -2.26. The van der Waals surface area contributed by atoms with E-state index in [4.69, 9.17) is 4.42 Å². The van der Waals surface area contributed by atoms with Crippen molar-refractivity contribution in [2.24, 2.45) is 0 Å². The summed E-state index contributed by atoms with van der Waals surface area (Å²) in [5, 5.41) is 7.33. The molecular formula is C54H34N2OS. The second-order valence-corrected chi connectivity index (χ2v) is 16.0. The fourth-order valence-corrected chi connectivity index (χ4v) is 10.1. The van der Waals surface area contributed by atoms with Crippen molar-refractivity contribution >= 4 is 92.3 Å². The van der Waals surface area contributed by atoms with Crippen molar-refractivity contribution < 1.29 is 4.42 Å². The van der Waals surface area contributed by atoms with Gasteiger partial charge in [0.1, 0.15) is 11.2 Å². The van der Waals surface area contributed by atoms with Gasteiger partial charge in [0.15, 0.2) is 0 Å². The average molecular weight is 759 g/mol. The third-order valence-corrected chi connectivity index (χ3v) is 12.8. The number of thiophene rings is 1. The van der Waals surface area contributed by atoms with E-state index in [9.17, 15) is 0 Å². The number of anilines is 3. The minimum atomic E-state index is 0.910. The lowest BCUT2D eigenvalue weighted by atomic mass is 9.97. The van der Waals surface area contributed by atoms with Crippen LogP contribution >= 0.6 is 11.3 Å². The number of para-hydroxylation sites is 3. The van der Waals surface area contributed by atoms with Crippen molar-refractivity contribution in [3.8, 4) is 27.9 Å². The zero-order valence-electron chi connectivity index (χ0n) is 31.3. The van der Waals surface area contributed by atoms with Crippen molar-refractivity contribution in [1.82, 2.24) is 4.57 Å². The molecule has 272 valence electrons. The van der Waals surface area contributed by atoms with Gasteiger partial charge in [0.05, 0.1) is 21.4 Å². The highest BCUT2D eigenvalue weighted by Gasteiger charge is 2.21. The minimum absolute atomic E-state index is 0.910. The number of hydrogen-bond donors (Lipinski definition) is 0. The highest BCUT2D eigenvalue weighted by atomic mass is 32.1. The normalized spacial score (nSPS) is 11.8. The predicted octanol–water partition coefficient (Wildman–Crippen LogP) is 15.9. The Morgan fingerprint density at radius 1 is 0.379 bits per heavy atom. The van der Waals surface area contributed by atoms with Crippen LogP contribution in [0.5, 0.6) is 0 Å². The van der Waals surface area contributed by atoms with Crippen LogP contribution in [0.15, 0.2) is 211 Å². The summed E-state index contributed by atoms with van der Waals surface area (Å²) in [6.45, 7) is 0. The van der Waals surface area contributed by atoms with Gasteiger partial charge in [-0.05, 0) is 101 Å². The van der Waals surface area contributed by atoms with Gasteiger partial charge in [-0.1, -0.05) is 127 Å². The van der Waals surface area contributed by atoms with Crippen molar-refractivity contribution in [1.29, 1.82) is 0 Å². The fourth-order valence-electron chi connectivity index (χ4n) is 8.88. The molecule has 0 N–H and O–H groups in total. The molecule has 3 aromatic heterocycles. The molecule has 9 aromatic carbocycles. The second-order valence-electron chi connectivity index (χ2n) is 14.9. The first-order valence-electron chi connectivity index (χ1n) is 19.7. The maximum absolute atomic E-state index is 6.13. The predicted molar refractivity (Wildman–Crippen MR) is 247 cm³/mol. The summed E-state index contributed by atoms with van der Waals surface area (Å²) in [5.74, 6) is 0. The quantitative estimate of drug-likeness (QED) is 0.168. The molecule has 0 spiro atoms. The summed E-state index contributed by atoms with van der Waals surface area (Å²) in [5.41, 5.74) is 13.4. The van der Waals surface area contributed by atoms with Crippen LogP contribution in [0.1, 0.15) is 0 Å². The Balaban J connectivity index is 1.01. The number of benzene rings is 9. The largest absolute Gasteiger partial charge is 0.456 e. The van der Waals surface area contributed by atoms with Gasteiger partial charge in [-0.2, -0.15) is 0 Å². The zero-order valence-corrected chi connectivity index (χ0v) is 32.2. The Morgan fingerprint density at radius 3 is 1.90 bits per heavy atom. The van der Waals surface area contributed by atoms with E-state index in [2.05, 4.69) is 204 Å². The summed E-state index contributed by atoms with van der Waals surface area (Å²) in [7, 11) is 0. The molecule has 3 nitrogen and oxygen atoms in total. The molecule has 4 heteroatoms. The molecule has 0 unspecified atom stereocenters. The molecule has 0 fully saturated rings. The molecule has 0 aliphatic heterocycles. The zero-order chi connectivity index (χ0) is 38.2. The molecular weight excluding hydrogens is 725 g/mol. The highest BCUT2D eigenvalue weighted by Crippen LogP contribution is 2.46. The van der Waals surface area contributed by atoms with Gasteiger partial charge >= 0.3 is 0 Å². The molecule has 0 radical (unpaired) electrons.